The van der Waals surface area contributed by atoms with Crippen LogP contribution in [0.1, 0.15) is 28.0 Å². The van der Waals surface area contributed by atoms with Crippen molar-refractivity contribution in [1.29, 1.82) is 0 Å². The number of aromatic nitrogens is 1. The van der Waals surface area contributed by atoms with Crippen molar-refractivity contribution < 1.29 is 23.5 Å². The van der Waals surface area contributed by atoms with Gasteiger partial charge >= 0.3 is 7.60 Å². The van der Waals surface area contributed by atoms with Crippen molar-refractivity contribution in [2.24, 2.45) is 0 Å². The lowest BCUT2D eigenvalue weighted by molar-refractivity contribution is 0.265. The molecule has 1 N–H and O–H groups in total. The average Bonchev–Trinajstić information content (AvgIpc) is 2.62. The number of methoxy groups -OCH3 is 1. The number of hydrogen-bond donors (Lipinski definition) is 1. The van der Waals surface area contributed by atoms with Gasteiger partial charge in [-0.25, -0.2) is 0 Å². The van der Waals surface area contributed by atoms with Crippen molar-refractivity contribution in [2.75, 3.05) is 21.3 Å². The van der Waals surface area contributed by atoms with Crippen LogP contribution in [0.3, 0.4) is 0 Å². The molecule has 25 heavy (non-hydrogen) atoms. The molecular formula is C18H24NO5P. The molecule has 0 spiro atoms. The van der Waals surface area contributed by atoms with Crippen LogP contribution in [0.4, 0.5) is 0 Å². The minimum absolute atomic E-state index is 0.0590. The molecule has 0 amide bonds. The number of hydrogen-bond acceptors (Lipinski definition) is 6. The Labute approximate surface area is 148 Å². The molecule has 1 unspecified atom stereocenters. The largest absolute Gasteiger partial charge is 0.504 e. The maximum Gasteiger partial charge on any atom is 0.337 e. The highest BCUT2D eigenvalue weighted by Crippen LogP contribution is 2.61. The topological polar surface area (TPSA) is 77.9 Å². The van der Waals surface area contributed by atoms with E-state index in [-0.39, 0.29) is 5.75 Å². The average molecular weight is 365 g/mol. The second kappa shape index (κ2) is 8.00. The summed E-state index contributed by atoms with van der Waals surface area (Å²) in [6.45, 7) is 3.71. The van der Waals surface area contributed by atoms with E-state index >= 15 is 0 Å². The van der Waals surface area contributed by atoms with E-state index in [4.69, 9.17) is 13.8 Å². The number of aromatic hydroxyl groups is 1. The molecule has 1 heterocycles. The highest BCUT2D eigenvalue weighted by atomic mass is 31.2. The van der Waals surface area contributed by atoms with Crippen LogP contribution in [0, 0.1) is 13.8 Å². The van der Waals surface area contributed by atoms with Crippen molar-refractivity contribution >= 4 is 7.60 Å². The van der Waals surface area contributed by atoms with E-state index in [0.717, 1.165) is 11.3 Å². The minimum atomic E-state index is -3.44. The zero-order valence-corrected chi connectivity index (χ0v) is 16.0. The summed E-state index contributed by atoms with van der Waals surface area (Å²) in [5.74, 6) is 0.375. The molecule has 1 aromatic carbocycles. The third kappa shape index (κ3) is 4.03. The van der Waals surface area contributed by atoms with Crippen molar-refractivity contribution in [3.63, 3.8) is 0 Å². The van der Waals surface area contributed by atoms with Gasteiger partial charge in [0.25, 0.3) is 0 Å². The first-order valence-corrected chi connectivity index (χ1v) is 9.46. The highest BCUT2D eigenvalue weighted by Gasteiger charge is 2.37. The summed E-state index contributed by atoms with van der Waals surface area (Å²) in [4.78, 5) is 4.40. The van der Waals surface area contributed by atoms with E-state index in [0.29, 0.717) is 23.3 Å². The number of pyridine rings is 1. The second-order valence-electron chi connectivity index (χ2n) is 5.78. The number of aryl methyl sites for hydroxylation is 2. The summed E-state index contributed by atoms with van der Waals surface area (Å²) in [6.07, 6.45) is 2.07. The van der Waals surface area contributed by atoms with Crippen LogP contribution in [0.25, 0.3) is 0 Å². The summed E-state index contributed by atoms with van der Waals surface area (Å²) in [5, 5.41) is 10.1. The molecule has 0 saturated carbocycles. The summed E-state index contributed by atoms with van der Waals surface area (Å²) < 4.78 is 28.9. The first-order chi connectivity index (χ1) is 11.9. The molecule has 1 atom stereocenters. The second-order valence-corrected chi connectivity index (χ2v) is 8.21. The molecule has 2 rings (SSSR count). The molecule has 0 aliphatic heterocycles. The van der Waals surface area contributed by atoms with Gasteiger partial charge in [-0.2, -0.15) is 0 Å². The van der Waals surface area contributed by atoms with E-state index in [1.165, 1.54) is 21.3 Å². The van der Waals surface area contributed by atoms with Crippen LogP contribution in [0.2, 0.25) is 0 Å². The third-order valence-electron chi connectivity index (χ3n) is 4.29. The van der Waals surface area contributed by atoms with Crippen LogP contribution in [0.5, 0.6) is 11.5 Å². The van der Waals surface area contributed by atoms with E-state index < -0.39 is 13.3 Å². The zero-order valence-electron chi connectivity index (χ0n) is 15.1. The monoisotopic (exact) mass is 365 g/mol. The maximum atomic E-state index is 13.2. The third-order valence-corrected chi connectivity index (χ3v) is 6.55. The van der Waals surface area contributed by atoms with E-state index in [1.807, 2.05) is 19.1 Å². The smallest absolute Gasteiger partial charge is 0.337 e. The van der Waals surface area contributed by atoms with Gasteiger partial charge in [0.2, 0.25) is 0 Å². The molecule has 136 valence electrons. The quantitative estimate of drug-likeness (QED) is 0.742. The molecule has 0 aliphatic carbocycles. The number of phenolic OH excluding ortho intramolecular Hbond substituents is 1. The van der Waals surface area contributed by atoms with Gasteiger partial charge in [-0.1, -0.05) is 12.1 Å². The predicted molar refractivity (Wildman–Crippen MR) is 96.4 cm³/mol. The lowest BCUT2D eigenvalue weighted by Crippen LogP contribution is -2.10. The number of ether oxygens (including phenoxy) is 1. The normalized spacial score (nSPS) is 12.8. The van der Waals surface area contributed by atoms with Crippen LogP contribution in [0.15, 0.2) is 30.5 Å². The Hall–Kier alpha value is -1.88. The van der Waals surface area contributed by atoms with Crippen LogP contribution < -0.4 is 4.74 Å². The first-order valence-electron chi connectivity index (χ1n) is 7.85. The van der Waals surface area contributed by atoms with Gasteiger partial charge in [-0.3, -0.25) is 9.55 Å². The van der Waals surface area contributed by atoms with Gasteiger partial charge in [-0.05, 0) is 42.7 Å². The van der Waals surface area contributed by atoms with E-state index in [9.17, 15) is 9.67 Å². The van der Waals surface area contributed by atoms with Crippen LogP contribution in [-0.2, 0) is 20.0 Å². The predicted octanol–water partition coefficient (Wildman–Crippen LogP) is 4.18. The molecule has 0 bridgehead atoms. The van der Waals surface area contributed by atoms with Crippen molar-refractivity contribution in [3.8, 4) is 11.5 Å². The minimum Gasteiger partial charge on any atom is -0.504 e. The van der Waals surface area contributed by atoms with Crippen molar-refractivity contribution in [1.82, 2.24) is 4.98 Å². The Morgan fingerprint density at radius 2 is 1.84 bits per heavy atom. The standard InChI is InChI=1S/C18H24NO5P/c1-12-7-6-8-19-15(12)11-17(25(21,23-4)24-5)14-9-13(2)18(20)16(10-14)22-3/h6-10,17,20H,11H2,1-5H3. The van der Waals surface area contributed by atoms with Gasteiger partial charge in [0, 0.05) is 32.5 Å². The number of benzene rings is 1. The maximum absolute atomic E-state index is 13.2. The fourth-order valence-corrected chi connectivity index (χ4v) is 4.35. The molecule has 0 aliphatic rings. The summed E-state index contributed by atoms with van der Waals surface area (Å²) in [7, 11) is 0.770. The molecule has 6 nitrogen and oxygen atoms in total. The zero-order chi connectivity index (χ0) is 18.6. The Morgan fingerprint density at radius 3 is 2.40 bits per heavy atom. The van der Waals surface area contributed by atoms with Crippen molar-refractivity contribution in [3.05, 3.63) is 52.8 Å². The summed E-state index contributed by atoms with van der Waals surface area (Å²) in [6, 6.07) is 7.24. The Morgan fingerprint density at radius 1 is 1.16 bits per heavy atom. The molecule has 2 aromatic rings. The van der Waals surface area contributed by atoms with Gasteiger partial charge in [0.1, 0.15) is 0 Å². The summed E-state index contributed by atoms with van der Waals surface area (Å²) >= 11 is 0. The molecule has 0 fully saturated rings. The first kappa shape index (κ1) is 19.4. The fourth-order valence-electron chi connectivity index (χ4n) is 2.78. The van der Waals surface area contributed by atoms with Crippen molar-refractivity contribution in [2.45, 2.75) is 25.9 Å². The van der Waals surface area contributed by atoms with Crippen LogP contribution in [-0.4, -0.2) is 31.4 Å². The fraction of sp³-hybridized carbons (Fsp3) is 0.389. The highest BCUT2D eigenvalue weighted by molar-refractivity contribution is 7.54. The Kier molecular flexibility index (Phi) is 6.22. The van der Waals surface area contributed by atoms with Gasteiger partial charge in [-0.15, -0.1) is 0 Å². The molecule has 0 saturated heterocycles. The van der Waals surface area contributed by atoms with Gasteiger partial charge in [0.05, 0.1) is 12.8 Å². The molecule has 0 radical (unpaired) electrons. The van der Waals surface area contributed by atoms with E-state index in [2.05, 4.69) is 4.98 Å². The SMILES string of the molecule is COc1cc(C(Cc2ncccc2C)P(=O)(OC)OC)cc(C)c1O. The Balaban J connectivity index is 2.58. The lowest BCUT2D eigenvalue weighted by atomic mass is 10.0. The number of nitrogens with zero attached hydrogens (tertiary/aromatic N) is 1. The van der Waals surface area contributed by atoms with Gasteiger partial charge < -0.3 is 18.9 Å². The van der Waals surface area contributed by atoms with Gasteiger partial charge in [0.15, 0.2) is 11.5 Å². The molecule has 1 aromatic heterocycles. The summed E-state index contributed by atoms with van der Waals surface area (Å²) in [5.41, 5.74) is 2.55. The Bertz CT molecular complexity index is 785. The lowest BCUT2D eigenvalue weighted by Gasteiger charge is -2.26. The molecule has 7 heteroatoms. The van der Waals surface area contributed by atoms with Crippen LogP contribution >= 0.6 is 7.60 Å². The van der Waals surface area contributed by atoms with E-state index in [1.54, 1.807) is 25.3 Å². The number of phenols is 1. The molecular weight excluding hydrogens is 341 g/mol. The number of rotatable bonds is 7.